The maximum absolute atomic E-state index is 11.7. The van der Waals surface area contributed by atoms with Gasteiger partial charge in [0, 0.05) is 19.0 Å². The number of anilines is 1. The molecule has 3 N–H and O–H groups in total. The molecule has 0 saturated carbocycles. The van der Waals surface area contributed by atoms with E-state index < -0.39 is 5.97 Å². The summed E-state index contributed by atoms with van der Waals surface area (Å²) in [5.41, 5.74) is 0.529. The van der Waals surface area contributed by atoms with E-state index >= 15 is 0 Å². The fourth-order valence-corrected chi connectivity index (χ4v) is 1.67. The van der Waals surface area contributed by atoms with Gasteiger partial charge in [0.05, 0.1) is 19.9 Å². The smallest absolute Gasteiger partial charge is 0.319 e. The van der Waals surface area contributed by atoms with Crippen LogP contribution in [0.15, 0.2) is 18.2 Å². The summed E-state index contributed by atoms with van der Waals surface area (Å²) in [6, 6.07) is 4.70. The van der Waals surface area contributed by atoms with Crippen LogP contribution < -0.4 is 20.1 Å². The van der Waals surface area contributed by atoms with E-state index in [0.717, 1.165) is 0 Å². The van der Waals surface area contributed by atoms with Crippen LogP contribution >= 0.6 is 0 Å². The molecule has 0 heterocycles. The first-order valence-corrected chi connectivity index (χ1v) is 6.55. The number of methoxy groups -OCH3 is 2. The first-order chi connectivity index (χ1) is 10.1. The van der Waals surface area contributed by atoms with Gasteiger partial charge in [-0.2, -0.15) is 0 Å². The highest BCUT2D eigenvalue weighted by Crippen LogP contribution is 2.28. The number of hydrogen-bond donors (Lipinski definition) is 3. The minimum absolute atomic E-state index is 0.107. The number of unbranched alkanes of at least 4 members (excludes halogenated alkanes) is 1. The topological polar surface area (TPSA) is 96.9 Å². The van der Waals surface area contributed by atoms with Crippen LogP contribution in [0.4, 0.5) is 10.5 Å². The Morgan fingerprint density at radius 2 is 1.95 bits per heavy atom. The fraction of sp³-hybridized carbons (Fsp3) is 0.429. The lowest BCUT2D eigenvalue weighted by molar-refractivity contribution is -0.137. The molecule has 1 aromatic carbocycles. The Hall–Kier alpha value is -2.44. The van der Waals surface area contributed by atoms with E-state index in [0.29, 0.717) is 36.6 Å². The number of ether oxygens (including phenoxy) is 2. The van der Waals surface area contributed by atoms with E-state index in [1.54, 1.807) is 25.3 Å². The highest BCUT2D eigenvalue weighted by Gasteiger charge is 2.08. The number of nitrogens with one attached hydrogen (secondary N) is 2. The molecule has 0 atom stereocenters. The standard InChI is InChI=1S/C14H20N2O5/c1-20-10-6-7-11(12(9-10)21-2)16-14(19)15-8-4-3-5-13(17)18/h6-7,9H,3-5,8H2,1-2H3,(H,17,18)(H2,15,16,19). The lowest BCUT2D eigenvalue weighted by atomic mass is 10.2. The van der Waals surface area contributed by atoms with E-state index in [4.69, 9.17) is 14.6 Å². The van der Waals surface area contributed by atoms with Gasteiger partial charge in [-0.3, -0.25) is 4.79 Å². The number of carbonyl (C=O) groups is 2. The zero-order valence-electron chi connectivity index (χ0n) is 12.1. The first-order valence-electron chi connectivity index (χ1n) is 6.55. The molecule has 0 saturated heterocycles. The van der Waals surface area contributed by atoms with Crippen molar-refractivity contribution >= 4 is 17.7 Å². The summed E-state index contributed by atoms with van der Waals surface area (Å²) in [4.78, 5) is 22.0. The second-order valence-electron chi connectivity index (χ2n) is 4.30. The van der Waals surface area contributed by atoms with E-state index in [9.17, 15) is 9.59 Å². The molecule has 0 bridgehead atoms. The van der Waals surface area contributed by atoms with Gasteiger partial charge in [-0.25, -0.2) is 4.79 Å². The number of carbonyl (C=O) groups excluding carboxylic acids is 1. The average Bonchev–Trinajstić information content (AvgIpc) is 2.47. The monoisotopic (exact) mass is 296 g/mol. The molecule has 1 rings (SSSR count). The summed E-state index contributed by atoms with van der Waals surface area (Å²) < 4.78 is 10.2. The van der Waals surface area contributed by atoms with Crippen LogP contribution in [0, 0.1) is 0 Å². The molecule has 0 fully saturated rings. The highest BCUT2D eigenvalue weighted by molar-refractivity contribution is 5.91. The van der Waals surface area contributed by atoms with Crippen molar-refractivity contribution in [2.24, 2.45) is 0 Å². The molecule has 7 heteroatoms. The van der Waals surface area contributed by atoms with Crippen molar-refractivity contribution in [3.8, 4) is 11.5 Å². The molecular weight excluding hydrogens is 276 g/mol. The first kappa shape index (κ1) is 16.6. The second kappa shape index (κ2) is 8.68. The van der Waals surface area contributed by atoms with Crippen molar-refractivity contribution in [3.05, 3.63) is 18.2 Å². The number of amides is 2. The highest BCUT2D eigenvalue weighted by atomic mass is 16.5. The summed E-state index contributed by atoms with van der Waals surface area (Å²) >= 11 is 0. The third-order valence-corrected chi connectivity index (χ3v) is 2.76. The molecule has 21 heavy (non-hydrogen) atoms. The number of hydrogen-bond acceptors (Lipinski definition) is 4. The lowest BCUT2D eigenvalue weighted by Gasteiger charge is -2.12. The maximum Gasteiger partial charge on any atom is 0.319 e. The van der Waals surface area contributed by atoms with E-state index in [1.165, 1.54) is 7.11 Å². The summed E-state index contributed by atoms with van der Waals surface area (Å²) in [6.45, 7) is 0.414. The van der Waals surface area contributed by atoms with E-state index in [1.807, 2.05) is 0 Å². The van der Waals surface area contributed by atoms with E-state index in [-0.39, 0.29) is 12.5 Å². The van der Waals surface area contributed by atoms with Crippen LogP contribution in [-0.2, 0) is 4.79 Å². The summed E-state index contributed by atoms with van der Waals surface area (Å²) in [5.74, 6) is 0.296. The van der Waals surface area contributed by atoms with Crippen molar-refractivity contribution in [3.63, 3.8) is 0 Å². The molecule has 0 aliphatic rings. The zero-order valence-corrected chi connectivity index (χ0v) is 12.1. The zero-order chi connectivity index (χ0) is 15.7. The number of benzene rings is 1. The van der Waals surface area contributed by atoms with Gasteiger partial charge >= 0.3 is 12.0 Å². The molecule has 0 spiro atoms. The predicted octanol–water partition coefficient (Wildman–Crippen LogP) is 2.08. The van der Waals surface area contributed by atoms with Crippen molar-refractivity contribution in [1.29, 1.82) is 0 Å². The minimum Gasteiger partial charge on any atom is -0.497 e. The third kappa shape index (κ3) is 6.03. The fourth-order valence-electron chi connectivity index (χ4n) is 1.67. The number of carboxylic acids is 1. The van der Waals surface area contributed by atoms with Crippen LogP contribution in [0.5, 0.6) is 11.5 Å². The summed E-state index contributed by atoms with van der Waals surface area (Å²) in [5, 5.41) is 13.8. The Morgan fingerprint density at radius 1 is 1.19 bits per heavy atom. The predicted molar refractivity (Wildman–Crippen MR) is 78.1 cm³/mol. The molecule has 2 amide bonds. The van der Waals surface area contributed by atoms with Gasteiger partial charge in [0.15, 0.2) is 0 Å². The Labute approximate surface area is 123 Å². The van der Waals surface area contributed by atoms with Crippen LogP contribution in [0.3, 0.4) is 0 Å². The van der Waals surface area contributed by atoms with Gasteiger partial charge in [-0.05, 0) is 25.0 Å². The molecule has 0 aromatic heterocycles. The van der Waals surface area contributed by atoms with Gasteiger partial charge in [0.25, 0.3) is 0 Å². The molecule has 0 unspecified atom stereocenters. The SMILES string of the molecule is COc1ccc(NC(=O)NCCCCC(=O)O)c(OC)c1. The van der Waals surface area contributed by atoms with Crippen molar-refractivity contribution in [2.45, 2.75) is 19.3 Å². The minimum atomic E-state index is -0.831. The Morgan fingerprint density at radius 3 is 2.57 bits per heavy atom. The quantitative estimate of drug-likeness (QED) is 0.638. The van der Waals surface area contributed by atoms with Crippen LogP contribution in [0.2, 0.25) is 0 Å². The Balaban J connectivity index is 2.42. The van der Waals surface area contributed by atoms with Crippen molar-refractivity contribution in [2.75, 3.05) is 26.1 Å². The third-order valence-electron chi connectivity index (χ3n) is 2.76. The van der Waals surface area contributed by atoms with Gasteiger partial charge < -0.3 is 25.2 Å². The van der Waals surface area contributed by atoms with Gasteiger partial charge in [-0.1, -0.05) is 0 Å². The molecule has 0 radical (unpaired) electrons. The molecule has 0 aliphatic heterocycles. The summed E-state index contributed by atoms with van der Waals surface area (Å²) in [6.07, 6.45) is 1.25. The number of rotatable bonds is 8. The van der Waals surface area contributed by atoms with Gasteiger partial charge in [0.2, 0.25) is 0 Å². The maximum atomic E-state index is 11.7. The molecular formula is C14H20N2O5. The molecule has 1 aromatic rings. The molecule has 7 nitrogen and oxygen atoms in total. The number of urea groups is 1. The van der Waals surface area contributed by atoms with Gasteiger partial charge in [-0.15, -0.1) is 0 Å². The Bertz CT molecular complexity index is 490. The Kier molecular flexibility index (Phi) is 6.86. The number of aliphatic carboxylic acids is 1. The van der Waals surface area contributed by atoms with Crippen molar-refractivity contribution < 1.29 is 24.2 Å². The second-order valence-corrected chi connectivity index (χ2v) is 4.30. The van der Waals surface area contributed by atoms with Crippen LogP contribution in [0.25, 0.3) is 0 Å². The summed E-state index contributed by atoms with van der Waals surface area (Å²) in [7, 11) is 3.05. The average molecular weight is 296 g/mol. The number of carboxylic acid groups (broad SMARTS) is 1. The molecule has 116 valence electrons. The van der Waals surface area contributed by atoms with Crippen LogP contribution in [0.1, 0.15) is 19.3 Å². The van der Waals surface area contributed by atoms with Crippen LogP contribution in [-0.4, -0.2) is 37.9 Å². The largest absolute Gasteiger partial charge is 0.497 e. The molecule has 0 aliphatic carbocycles. The normalized spacial score (nSPS) is 9.81. The van der Waals surface area contributed by atoms with Crippen molar-refractivity contribution in [1.82, 2.24) is 5.32 Å². The van der Waals surface area contributed by atoms with Gasteiger partial charge in [0.1, 0.15) is 11.5 Å². The van der Waals surface area contributed by atoms with E-state index in [2.05, 4.69) is 10.6 Å². The lowest BCUT2D eigenvalue weighted by Crippen LogP contribution is -2.29.